The molecule has 1 aromatic carbocycles. The molecule has 0 radical (unpaired) electrons. The summed E-state index contributed by atoms with van der Waals surface area (Å²) in [7, 11) is 2.15. The van der Waals surface area contributed by atoms with Crippen LogP contribution in [-0.2, 0) is 11.2 Å². The number of amides is 1. The van der Waals surface area contributed by atoms with Gasteiger partial charge in [0.2, 0.25) is 5.91 Å². The number of piperazine rings is 1. The monoisotopic (exact) mass is 413 g/mol. The molecule has 2 N–H and O–H groups in total. The Morgan fingerprint density at radius 2 is 1.97 bits per heavy atom. The van der Waals surface area contributed by atoms with E-state index < -0.39 is 5.60 Å². The van der Waals surface area contributed by atoms with Gasteiger partial charge in [0, 0.05) is 52.2 Å². The van der Waals surface area contributed by atoms with E-state index in [1.165, 1.54) is 0 Å². The van der Waals surface area contributed by atoms with Crippen molar-refractivity contribution in [2.24, 2.45) is 0 Å². The van der Waals surface area contributed by atoms with Crippen LogP contribution < -0.4 is 0 Å². The fraction of sp³-hybridized carbons (Fsp3) is 0.652. The van der Waals surface area contributed by atoms with Crippen LogP contribution in [0.15, 0.2) is 18.2 Å². The summed E-state index contributed by atoms with van der Waals surface area (Å²) in [5.74, 6) is 1.10. The Morgan fingerprint density at radius 1 is 1.17 bits per heavy atom. The molecule has 1 aromatic heterocycles. The zero-order valence-corrected chi connectivity index (χ0v) is 18.4. The van der Waals surface area contributed by atoms with Crippen molar-refractivity contribution in [3.8, 4) is 0 Å². The molecule has 2 aromatic rings. The molecule has 2 aliphatic rings. The number of likely N-dealkylation sites (tertiary alicyclic amines) is 1. The molecule has 0 aliphatic carbocycles. The number of carbonyl (C=O) groups is 1. The molecule has 0 bridgehead atoms. The van der Waals surface area contributed by atoms with Crippen molar-refractivity contribution in [1.29, 1.82) is 0 Å². The van der Waals surface area contributed by atoms with E-state index in [1.54, 1.807) is 0 Å². The molecule has 0 saturated carbocycles. The second-order valence-corrected chi connectivity index (χ2v) is 9.21. The number of aryl methyl sites for hydroxylation is 2. The number of nitrogens with one attached hydrogen (secondary N) is 1. The fourth-order valence-corrected chi connectivity index (χ4v) is 4.76. The van der Waals surface area contributed by atoms with Crippen molar-refractivity contribution >= 4 is 16.9 Å². The van der Waals surface area contributed by atoms with Crippen LogP contribution in [0.2, 0.25) is 0 Å². The zero-order valence-electron chi connectivity index (χ0n) is 18.4. The van der Waals surface area contributed by atoms with E-state index in [0.29, 0.717) is 19.4 Å². The summed E-state index contributed by atoms with van der Waals surface area (Å²) in [4.78, 5) is 27.2. The normalized spacial score (nSPS) is 24.3. The molecule has 1 unspecified atom stereocenters. The Balaban J connectivity index is 1.28. The number of carbonyl (C=O) groups excluding carboxylic acids is 1. The number of rotatable bonds is 5. The molecule has 1 atom stereocenters. The maximum Gasteiger partial charge on any atom is 0.222 e. The average Bonchev–Trinajstić information content (AvgIpc) is 2.98. The molecule has 30 heavy (non-hydrogen) atoms. The molecule has 0 spiro atoms. The third-order valence-electron chi connectivity index (χ3n) is 6.68. The first-order chi connectivity index (χ1) is 14.4. The minimum atomic E-state index is -0.672. The summed E-state index contributed by atoms with van der Waals surface area (Å²) in [6.07, 6.45) is 3.56. The lowest BCUT2D eigenvalue weighted by molar-refractivity contribution is -0.131. The predicted octanol–water partition coefficient (Wildman–Crippen LogP) is 1.79. The summed E-state index contributed by atoms with van der Waals surface area (Å²) in [6, 6.07) is 6.18. The number of β-amino-alcohol motifs (C(OH)–C–C–N with tert-alkyl or cyclic N) is 1. The van der Waals surface area contributed by atoms with Gasteiger partial charge in [-0.2, -0.15) is 0 Å². The maximum atomic E-state index is 12.8. The van der Waals surface area contributed by atoms with Gasteiger partial charge in [-0.3, -0.25) is 9.69 Å². The van der Waals surface area contributed by atoms with Crippen molar-refractivity contribution in [3.05, 3.63) is 29.6 Å². The molecule has 1 amide bonds. The summed E-state index contributed by atoms with van der Waals surface area (Å²) in [5, 5.41) is 11.2. The van der Waals surface area contributed by atoms with Crippen molar-refractivity contribution < 1.29 is 9.90 Å². The summed E-state index contributed by atoms with van der Waals surface area (Å²) >= 11 is 0. The van der Waals surface area contributed by atoms with Crippen LogP contribution in [0, 0.1) is 6.92 Å². The smallest absolute Gasteiger partial charge is 0.222 e. The van der Waals surface area contributed by atoms with E-state index in [0.717, 1.165) is 81.0 Å². The lowest BCUT2D eigenvalue weighted by Crippen LogP contribution is -2.51. The molecule has 4 rings (SSSR count). The first-order valence-corrected chi connectivity index (χ1v) is 11.3. The second kappa shape index (κ2) is 9.04. The highest BCUT2D eigenvalue weighted by Gasteiger charge is 2.33. The lowest BCUT2D eigenvalue weighted by atomic mass is 9.94. The van der Waals surface area contributed by atoms with E-state index in [4.69, 9.17) is 0 Å². The molecule has 2 saturated heterocycles. The summed E-state index contributed by atoms with van der Waals surface area (Å²) in [6.45, 7) is 8.24. The number of likely N-dealkylation sites (N-methyl/N-ethyl adjacent to an activating group) is 1. The van der Waals surface area contributed by atoms with Gasteiger partial charge in [0.25, 0.3) is 0 Å². The molecule has 2 fully saturated rings. The number of imidazole rings is 1. The number of aromatic amines is 1. The standard InChI is InChI=1S/C23H35N5O2/c1-18-24-20-6-4-19(16-21(20)25-18)5-7-22(29)28-10-3-8-23(30,9-11-28)17-27-14-12-26(2)13-15-27/h4,6,16,30H,3,5,7-15,17H2,1-2H3,(H,24,25). The van der Waals surface area contributed by atoms with E-state index in [-0.39, 0.29) is 5.91 Å². The molecule has 164 valence electrons. The van der Waals surface area contributed by atoms with Crippen LogP contribution in [0.3, 0.4) is 0 Å². The largest absolute Gasteiger partial charge is 0.388 e. The number of aromatic nitrogens is 2. The van der Waals surface area contributed by atoms with Crippen LogP contribution >= 0.6 is 0 Å². The molecule has 3 heterocycles. The van der Waals surface area contributed by atoms with Crippen molar-refractivity contribution in [3.63, 3.8) is 0 Å². The highest BCUT2D eigenvalue weighted by molar-refractivity contribution is 5.78. The first-order valence-electron chi connectivity index (χ1n) is 11.3. The maximum absolute atomic E-state index is 12.8. The van der Waals surface area contributed by atoms with Gasteiger partial charge in [-0.05, 0) is 57.4 Å². The fourth-order valence-electron chi connectivity index (χ4n) is 4.76. The van der Waals surface area contributed by atoms with Gasteiger partial charge in [-0.1, -0.05) is 6.07 Å². The predicted molar refractivity (Wildman–Crippen MR) is 118 cm³/mol. The van der Waals surface area contributed by atoms with Gasteiger partial charge in [0.15, 0.2) is 0 Å². The Kier molecular flexibility index (Phi) is 6.41. The van der Waals surface area contributed by atoms with Crippen molar-refractivity contribution in [2.45, 2.75) is 44.6 Å². The van der Waals surface area contributed by atoms with Gasteiger partial charge in [0.1, 0.15) is 5.82 Å². The van der Waals surface area contributed by atoms with Crippen LogP contribution in [0.5, 0.6) is 0 Å². The van der Waals surface area contributed by atoms with Gasteiger partial charge in [0.05, 0.1) is 16.6 Å². The topological polar surface area (TPSA) is 75.7 Å². The Hall–Kier alpha value is -1.96. The second-order valence-electron chi connectivity index (χ2n) is 9.21. The number of aliphatic hydroxyl groups is 1. The van der Waals surface area contributed by atoms with Crippen LogP contribution in [-0.4, -0.2) is 94.1 Å². The van der Waals surface area contributed by atoms with E-state index in [1.807, 2.05) is 17.9 Å². The van der Waals surface area contributed by atoms with Gasteiger partial charge >= 0.3 is 0 Å². The number of hydrogen-bond donors (Lipinski definition) is 2. The molecule has 2 aliphatic heterocycles. The van der Waals surface area contributed by atoms with E-state index in [9.17, 15) is 9.90 Å². The van der Waals surface area contributed by atoms with E-state index in [2.05, 4.69) is 38.9 Å². The first kappa shape index (κ1) is 21.3. The lowest BCUT2D eigenvalue weighted by Gasteiger charge is -2.38. The highest BCUT2D eigenvalue weighted by Crippen LogP contribution is 2.25. The molecular formula is C23H35N5O2. The molecular weight excluding hydrogens is 378 g/mol. The SMILES string of the molecule is Cc1nc2ccc(CCC(=O)N3CCCC(O)(CN4CCN(C)CC4)CC3)cc2[nH]1. The number of fused-ring (bicyclic) bond motifs is 1. The van der Waals surface area contributed by atoms with Gasteiger partial charge in [-0.25, -0.2) is 4.98 Å². The van der Waals surface area contributed by atoms with Crippen molar-refractivity contribution in [2.75, 3.05) is 52.9 Å². The van der Waals surface area contributed by atoms with Crippen LogP contribution in [0.4, 0.5) is 0 Å². The Morgan fingerprint density at radius 3 is 2.77 bits per heavy atom. The van der Waals surface area contributed by atoms with Crippen LogP contribution in [0.1, 0.15) is 37.1 Å². The minimum Gasteiger partial charge on any atom is -0.388 e. The molecule has 7 nitrogen and oxygen atoms in total. The quantitative estimate of drug-likeness (QED) is 0.782. The summed E-state index contributed by atoms with van der Waals surface area (Å²) < 4.78 is 0. The number of H-pyrrole nitrogens is 1. The highest BCUT2D eigenvalue weighted by atomic mass is 16.3. The third kappa shape index (κ3) is 5.20. The number of benzene rings is 1. The Bertz CT molecular complexity index is 874. The summed E-state index contributed by atoms with van der Waals surface area (Å²) in [5.41, 5.74) is 2.48. The minimum absolute atomic E-state index is 0.194. The molecule has 7 heteroatoms. The number of hydrogen-bond acceptors (Lipinski definition) is 5. The van der Waals surface area contributed by atoms with Gasteiger partial charge in [-0.15, -0.1) is 0 Å². The number of nitrogens with zero attached hydrogens (tertiary/aromatic N) is 4. The third-order valence-corrected chi connectivity index (χ3v) is 6.68. The van der Waals surface area contributed by atoms with E-state index >= 15 is 0 Å². The van der Waals surface area contributed by atoms with Crippen molar-refractivity contribution in [1.82, 2.24) is 24.7 Å². The zero-order chi connectivity index (χ0) is 21.1. The Labute approximate surface area is 179 Å². The van der Waals surface area contributed by atoms with Gasteiger partial charge < -0.3 is 19.9 Å². The average molecular weight is 414 g/mol. The van der Waals surface area contributed by atoms with Crippen LogP contribution in [0.25, 0.3) is 11.0 Å².